The Morgan fingerprint density at radius 2 is 2.03 bits per heavy atom. The highest BCUT2D eigenvalue weighted by atomic mass is 16.5. The molecule has 196 valence electrons. The second kappa shape index (κ2) is 13.2. The van der Waals surface area contributed by atoms with Crippen molar-refractivity contribution >= 4 is 17.6 Å². The summed E-state index contributed by atoms with van der Waals surface area (Å²) in [5, 5.41) is 5.58. The summed E-state index contributed by atoms with van der Waals surface area (Å²) in [7, 11) is 3.45. The molecule has 0 fully saturated rings. The number of urea groups is 1. The van der Waals surface area contributed by atoms with Crippen LogP contribution in [0.5, 0.6) is 5.75 Å². The summed E-state index contributed by atoms with van der Waals surface area (Å²) in [4.78, 5) is 34.1. The Morgan fingerprint density at radius 3 is 2.72 bits per heavy atom. The quantitative estimate of drug-likeness (QED) is 0.633. The van der Waals surface area contributed by atoms with Crippen molar-refractivity contribution in [3.05, 3.63) is 53.9 Å². The van der Waals surface area contributed by atoms with E-state index in [1.807, 2.05) is 25.1 Å². The van der Waals surface area contributed by atoms with Gasteiger partial charge in [-0.1, -0.05) is 19.9 Å². The van der Waals surface area contributed by atoms with Gasteiger partial charge >= 0.3 is 6.03 Å². The predicted molar refractivity (Wildman–Crippen MR) is 140 cm³/mol. The van der Waals surface area contributed by atoms with E-state index in [-0.39, 0.29) is 30.0 Å². The van der Waals surface area contributed by atoms with E-state index >= 15 is 0 Å². The first-order chi connectivity index (χ1) is 17.3. The van der Waals surface area contributed by atoms with Crippen molar-refractivity contribution in [3.63, 3.8) is 0 Å². The van der Waals surface area contributed by atoms with Crippen LogP contribution in [0.15, 0.2) is 42.6 Å². The maximum Gasteiger partial charge on any atom is 0.319 e. The molecule has 0 saturated heterocycles. The maximum atomic E-state index is 13.5. The van der Waals surface area contributed by atoms with Gasteiger partial charge in [-0.15, -0.1) is 0 Å². The van der Waals surface area contributed by atoms with Gasteiger partial charge in [-0.25, -0.2) is 4.79 Å². The van der Waals surface area contributed by atoms with Crippen molar-refractivity contribution < 1.29 is 19.1 Å². The topological polar surface area (TPSA) is 96.0 Å². The molecular formula is C27H39N5O4. The van der Waals surface area contributed by atoms with Crippen LogP contribution >= 0.6 is 0 Å². The number of carbonyl (C=O) groups excluding carboxylic acids is 2. The number of benzene rings is 1. The first kappa shape index (κ1) is 27.4. The molecule has 3 atom stereocenters. The number of carbonyl (C=O) groups is 2. The van der Waals surface area contributed by atoms with Crippen LogP contribution in [0.25, 0.3) is 0 Å². The van der Waals surface area contributed by atoms with Crippen molar-refractivity contribution in [2.45, 2.75) is 45.9 Å². The van der Waals surface area contributed by atoms with Crippen molar-refractivity contribution in [2.75, 3.05) is 45.7 Å². The summed E-state index contributed by atoms with van der Waals surface area (Å²) >= 11 is 0. The number of hydrogen-bond donors (Lipinski definition) is 2. The number of hydrogen-bond acceptors (Lipinski definition) is 6. The predicted octanol–water partition coefficient (Wildman–Crippen LogP) is 3.62. The number of ether oxygens (including phenoxy) is 2. The lowest BCUT2D eigenvalue weighted by atomic mass is 10.0. The molecule has 0 spiro atoms. The van der Waals surface area contributed by atoms with Crippen molar-refractivity contribution in [2.24, 2.45) is 5.92 Å². The Bertz CT molecular complexity index is 1000. The number of likely N-dealkylation sites (N-methyl/N-ethyl adjacent to an activating group) is 1. The molecule has 1 aliphatic heterocycles. The number of fused-ring (bicyclic) bond motifs is 1. The first-order valence-electron chi connectivity index (χ1n) is 12.6. The third-order valence-corrected chi connectivity index (χ3v) is 6.46. The molecule has 9 nitrogen and oxygen atoms in total. The van der Waals surface area contributed by atoms with Crippen LogP contribution in [0.2, 0.25) is 0 Å². The van der Waals surface area contributed by atoms with Crippen LogP contribution in [0.3, 0.4) is 0 Å². The lowest BCUT2D eigenvalue weighted by molar-refractivity contribution is 0.00901. The number of anilines is 1. The van der Waals surface area contributed by atoms with Crippen LogP contribution in [0, 0.1) is 5.92 Å². The van der Waals surface area contributed by atoms with E-state index in [1.54, 1.807) is 43.5 Å². The minimum atomic E-state index is -0.307. The summed E-state index contributed by atoms with van der Waals surface area (Å²) < 4.78 is 12.0. The van der Waals surface area contributed by atoms with Gasteiger partial charge in [0.25, 0.3) is 5.91 Å². The van der Waals surface area contributed by atoms with E-state index in [2.05, 4.69) is 34.4 Å². The van der Waals surface area contributed by atoms with Crippen molar-refractivity contribution in [3.8, 4) is 5.75 Å². The highest BCUT2D eigenvalue weighted by Crippen LogP contribution is 2.26. The van der Waals surface area contributed by atoms with Crippen LogP contribution in [-0.4, -0.2) is 79.3 Å². The molecule has 1 aromatic heterocycles. The third kappa shape index (κ3) is 7.41. The molecule has 2 aromatic rings. The van der Waals surface area contributed by atoms with Gasteiger partial charge in [0.1, 0.15) is 12.4 Å². The number of pyridine rings is 1. The Labute approximate surface area is 214 Å². The zero-order chi connectivity index (χ0) is 26.1. The fourth-order valence-electron chi connectivity index (χ4n) is 4.26. The smallest absolute Gasteiger partial charge is 0.319 e. The van der Waals surface area contributed by atoms with E-state index in [4.69, 9.17) is 9.47 Å². The highest BCUT2D eigenvalue weighted by Gasteiger charge is 2.28. The molecule has 0 saturated carbocycles. The van der Waals surface area contributed by atoms with E-state index in [1.165, 1.54) is 0 Å². The molecule has 1 aliphatic rings. The van der Waals surface area contributed by atoms with Crippen LogP contribution in [-0.2, 0) is 11.3 Å². The lowest BCUT2D eigenvalue weighted by Gasteiger charge is -2.35. The molecule has 9 heteroatoms. The van der Waals surface area contributed by atoms with E-state index in [0.717, 1.165) is 18.7 Å². The van der Waals surface area contributed by atoms with Crippen LogP contribution < -0.4 is 15.4 Å². The standard InChI is InChI=1S/C27H39N5O4/c1-6-12-29-27(34)30-21-10-11-24-23(14-21)26(33)31(4)17-25(35-5)19(2)15-32(20(3)18-36-24)16-22-9-7-8-13-28-22/h7-11,13-14,19-20,25H,6,12,15-18H2,1-5H3,(H2,29,30,34)/t19-,20-,25+/m1/s1. The fourth-order valence-corrected chi connectivity index (χ4v) is 4.26. The fraction of sp³-hybridized carbons (Fsp3) is 0.519. The number of amides is 3. The monoisotopic (exact) mass is 497 g/mol. The van der Waals surface area contributed by atoms with Gasteiger partial charge in [0.05, 0.1) is 17.4 Å². The van der Waals surface area contributed by atoms with E-state index in [0.29, 0.717) is 43.2 Å². The lowest BCUT2D eigenvalue weighted by Crippen LogP contribution is -2.46. The van der Waals surface area contributed by atoms with E-state index in [9.17, 15) is 9.59 Å². The number of aromatic nitrogens is 1. The summed E-state index contributed by atoms with van der Waals surface area (Å²) in [6, 6.07) is 10.8. The molecule has 3 amide bonds. The number of rotatable bonds is 6. The van der Waals surface area contributed by atoms with Gasteiger partial charge in [0, 0.05) is 58.3 Å². The average Bonchev–Trinajstić information content (AvgIpc) is 2.88. The van der Waals surface area contributed by atoms with E-state index < -0.39 is 0 Å². The molecule has 0 aliphatic carbocycles. The Balaban J connectivity index is 1.89. The molecule has 36 heavy (non-hydrogen) atoms. The molecule has 2 N–H and O–H groups in total. The molecule has 0 bridgehead atoms. The SMILES string of the molecule is CCCNC(=O)Nc1ccc2c(c1)C(=O)N(C)C[C@H](OC)[C@H](C)CN(Cc1ccccn1)[C@H](C)CO2. The van der Waals surface area contributed by atoms with Crippen molar-refractivity contribution in [1.82, 2.24) is 20.1 Å². The van der Waals surface area contributed by atoms with Gasteiger partial charge in [0.15, 0.2) is 0 Å². The largest absolute Gasteiger partial charge is 0.491 e. The molecule has 2 heterocycles. The number of nitrogens with one attached hydrogen (secondary N) is 2. The molecular weight excluding hydrogens is 458 g/mol. The van der Waals surface area contributed by atoms with Gasteiger partial charge in [-0.05, 0) is 49.6 Å². The van der Waals surface area contributed by atoms with Gasteiger partial charge in [0.2, 0.25) is 0 Å². The second-order valence-corrected chi connectivity index (χ2v) is 9.44. The maximum absolute atomic E-state index is 13.5. The Morgan fingerprint density at radius 1 is 1.22 bits per heavy atom. The normalized spacial score (nSPS) is 21.5. The minimum absolute atomic E-state index is 0.0599. The molecule has 0 radical (unpaired) electrons. The molecule has 1 aromatic carbocycles. The van der Waals surface area contributed by atoms with Crippen LogP contribution in [0.4, 0.5) is 10.5 Å². The average molecular weight is 498 g/mol. The van der Waals surface area contributed by atoms with Gasteiger partial charge < -0.3 is 25.0 Å². The minimum Gasteiger partial charge on any atom is -0.491 e. The second-order valence-electron chi connectivity index (χ2n) is 9.44. The van der Waals surface area contributed by atoms with Crippen molar-refractivity contribution in [1.29, 1.82) is 0 Å². The summed E-state index contributed by atoms with van der Waals surface area (Å²) in [6.07, 6.45) is 2.49. The highest BCUT2D eigenvalue weighted by molar-refractivity contribution is 5.99. The zero-order valence-electron chi connectivity index (χ0n) is 22.0. The number of nitrogens with zero attached hydrogens (tertiary/aromatic N) is 3. The van der Waals surface area contributed by atoms with Gasteiger partial charge in [-0.2, -0.15) is 0 Å². The first-order valence-corrected chi connectivity index (χ1v) is 12.6. The number of methoxy groups -OCH3 is 1. The zero-order valence-corrected chi connectivity index (χ0v) is 22.0. The Hall–Kier alpha value is -3.17. The Kier molecular flexibility index (Phi) is 10.1. The molecule has 3 rings (SSSR count). The van der Waals surface area contributed by atoms with Crippen LogP contribution in [0.1, 0.15) is 43.2 Å². The summed E-state index contributed by atoms with van der Waals surface area (Å²) in [5.41, 5.74) is 1.92. The third-order valence-electron chi connectivity index (χ3n) is 6.46. The van der Waals surface area contributed by atoms with Gasteiger partial charge in [-0.3, -0.25) is 14.7 Å². The molecule has 0 unspecified atom stereocenters. The summed E-state index contributed by atoms with van der Waals surface area (Å²) in [5.74, 6) is 0.458. The summed E-state index contributed by atoms with van der Waals surface area (Å²) in [6.45, 7) is 9.09.